The maximum Gasteiger partial charge on any atom is 0.494 e. The fraction of sp³-hybridized carbons (Fsp3) is 0.795. The second-order valence-electron chi connectivity index (χ2n) is 30.0. The SMILES string of the molecule is CCCCCCCCCCCCC(CCCCCCCCCCCC)N1C(=O)/C(=C2/C(=O)N(C(CCCCCCCCCCCC)CCCCCCCCCCCC)c3cc(B4OC(C)(C)C(C)(C)O4)ccc32)c2ccc(B3OC(C)(C)C(C)(C)O3)cc21. The molecule has 496 valence electrons. The van der Waals surface area contributed by atoms with E-state index in [0.717, 1.165) is 84.8 Å². The lowest BCUT2D eigenvalue weighted by Gasteiger charge is -2.32. The maximum atomic E-state index is 16.4. The molecule has 0 spiro atoms. The first kappa shape index (κ1) is 74.1. The van der Waals surface area contributed by atoms with Crippen LogP contribution >= 0.6 is 0 Å². The van der Waals surface area contributed by atoms with Gasteiger partial charge in [-0.25, -0.2) is 0 Å². The highest BCUT2D eigenvalue weighted by atomic mass is 16.7. The Morgan fingerprint density at radius 3 is 0.739 bits per heavy atom. The van der Waals surface area contributed by atoms with Gasteiger partial charge in [-0.05, 0) is 104 Å². The third-order valence-corrected chi connectivity index (χ3v) is 21.6. The summed E-state index contributed by atoms with van der Waals surface area (Å²) in [5.41, 5.74) is 4.37. The number of benzene rings is 2. The number of hydrogen-bond donors (Lipinski definition) is 0. The zero-order valence-electron chi connectivity index (χ0n) is 59.2. The molecule has 2 aromatic rings. The van der Waals surface area contributed by atoms with Crippen molar-refractivity contribution in [2.75, 3.05) is 9.80 Å². The highest BCUT2D eigenvalue weighted by Gasteiger charge is 2.54. The summed E-state index contributed by atoms with van der Waals surface area (Å²) in [4.78, 5) is 37.1. The van der Waals surface area contributed by atoms with E-state index in [1.54, 1.807) is 0 Å². The number of fused-ring (bicyclic) bond motifs is 2. The van der Waals surface area contributed by atoms with Crippen LogP contribution in [-0.4, -0.2) is 60.5 Å². The normalized spacial score (nSPS) is 18.4. The zero-order valence-corrected chi connectivity index (χ0v) is 59.2. The molecular weight excluding hydrogens is 1080 g/mol. The molecule has 6 rings (SSSR count). The van der Waals surface area contributed by atoms with E-state index < -0.39 is 36.6 Å². The van der Waals surface area contributed by atoms with Crippen LogP contribution in [0.5, 0.6) is 0 Å². The van der Waals surface area contributed by atoms with Crippen LogP contribution in [0, 0.1) is 0 Å². The summed E-state index contributed by atoms with van der Waals surface area (Å²) in [5.74, 6) is -0.0605. The minimum absolute atomic E-state index is 0.000702. The average molecular weight is 1220 g/mol. The quantitative estimate of drug-likeness (QED) is 0.0373. The van der Waals surface area contributed by atoms with Crippen LogP contribution in [0.3, 0.4) is 0 Å². The molecule has 10 heteroatoms. The van der Waals surface area contributed by atoms with Gasteiger partial charge in [0, 0.05) is 23.2 Å². The summed E-state index contributed by atoms with van der Waals surface area (Å²) in [5, 5.41) is 0. The van der Waals surface area contributed by atoms with Gasteiger partial charge < -0.3 is 28.4 Å². The second-order valence-corrected chi connectivity index (χ2v) is 30.0. The van der Waals surface area contributed by atoms with Crippen molar-refractivity contribution in [1.29, 1.82) is 0 Å². The standard InChI is InChI=1S/C78H132B2N2O6/c1-13-17-21-25-29-33-37-41-45-49-53-65(54-50-46-42-38-34-30-26-22-18-14-2)81-69-61-63(79-85-75(5,6)76(7,8)86-79)57-59-67(69)71(73(81)83)72-68-60-58-64(80-87-77(9,10)78(11,12)88-80)62-70(68)82(74(72)84)66(55-51-47-43-39-35-31-27-23-19-15-3)56-52-48-44-40-36-32-28-24-20-16-4/h57-62,65-66H,13-56H2,1-12H3/b72-71+. The summed E-state index contributed by atoms with van der Waals surface area (Å²) in [6.45, 7) is 26.1. The molecule has 0 saturated carbocycles. The van der Waals surface area contributed by atoms with Crippen molar-refractivity contribution in [3.63, 3.8) is 0 Å². The van der Waals surface area contributed by atoms with Crippen molar-refractivity contribution in [2.24, 2.45) is 0 Å². The van der Waals surface area contributed by atoms with Crippen LogP contribution in [0.25, 0.3) is 11.1 Å². The molecule has 0 atom stereocenters. The molecule has 2 aromatic carbocycles. The first-order chi connectivity index (χ1) is 42.4. The first-order valence-corrected chi connectivity index (χ1v) is 37.8. The summed E-state index contributed by atoms with van der Waals surface area (Å²) >= 11 is 0. The lowest BCUT2D eigenvalue weighted by Crippen LogP contribution is -2.41. The van der Waals surface area contributed by atoms with Crippen molar-refractivity contribution >= 4 is 59.5 Å². The van der Waals surface area contributed by atoms with Crippen molar-refractivity contribution in [1.82, 2.24) is 0 Å². The van der Waals surface area contributed by atoms with Gasteiger partial charge in [-0.3, -0.25) is 9.59 Å². The van der Waals surface area contributed by atoms with Gasteiger partial charge in [-0.15, -0.1) is 0 Å². The number of hydrogen-bond acceptors (Lipinski definition) is 6. The summed E-state index contributed by atoms with van der Waals surface area (Å²) < 4.78 is 27.0. The molecule has 2 amide bonds. The Hall–Kier alpha value is -2.91. The Labute approximate surface area is 542 Å². The van der Waals surface area contributed by atoms with E-state index in [1.807, 2.05) is 0 Å². The molecule has 4 aliphatic heterocycles. The third kappa shape index (κ3) is 21.6. The van der Waals surface area contributed by atoms with E-state index >= 15 is 9.59 Å². The van der Waals surface area contributed by atoms with E-state index in [0.29, 0.717) is 11.1 Å². The molecule has 2 saturated heterocycles. The van der Waals surface area contributed by atoms with Crippen molar-refractivity contribution in [2.45, 2.75) is 400 Å². The summed E-state index contributed by atoms with van der Waals surface area (Å²) in [6, 6.07) is 12.9. The number of rotatable bonds is 48. The lowest BCUT2D eigenvalue weighted by atomic mass is 9.77. The maximum absolute atomic E-state index is 16.4. The van der Waals surface area contributed by atoms with Crippen molar-refractivity contribution in [3.05, 3.63) is 47.5 Å². The molecule has 0 bridgehead atoms. The number of nitrogens with zero attached hydrogens (tertiary/aromatic N) is 2. The smallest absolute Gasteiger partial charge is 0.399 e. The Morgan fingerprint density at radius 2 is 0.523 bits per heavy atom. The predicted octanol–water partition coefficient (Wildman–Crippen LogP) is 21.9. The van der Waals surface area contributed by atoms with Gasteiger partial charge in [0.25, 0.3) is 11.8 Å². The number of carbonyl (C=O) groups excluding carboxylic acids is 2. The molecular formula is C78H132B2N2O6. The van der Waals surface area contributed by atoms with Gasteiger partial charge in [0.15, 0.2) is 0 Å². The number of amides is 2. The van der Waals surface area contributed by atoms with Gasteiger partial charge >= 0.3 is 14.2 Å². The zero-order chi connectivity index (χ0) is 63.4. The van der Waals surface area contributed by atoms with Crippen LogP contribution in [0.1, 0.15) is 377 Å². The first-order valence-electron chi connectivity index (χ1n) is 37.8. The topological polar surface area (TPSA) is 77.5 Å². The molecule has 0 aliphatic carbocycles. The highest BCUT2D eigenvalue weighted by molar-refractivity contribution is 6.63. The predicted molar refractivity (Wildman–Crippen MR) is 380 cm³/mol. The van der Waals surface area contributed by atoms with Gasteiger partial charge in [0.2, 0.25) is 0 Å². The van der Waals surface area contributed by atoms with Crippen LogP contribution in [-0.2, 0) is 28.2 Å². The second kappa shape index (κ2) is 38.3. The number of anilines is 2. The fourth-order valence-electron chi connectivity index (χ4n) is 14.3. The van der Waals surface area contributed by atoms with Crippen LogP contribution in [0.4, 0.5) is 11.4 Å². The van der Waals surface area contributed by atoms with Gasteiger partial charge in [0.1, 0.15) is 0 Å². The molecule has 0 radical (unpaired) electrons. The molecule has 0 aromatic heterocycles. The Morgan fingerprint density at radius 1 is 0.318 bits per heavy atom. The van der Waals surface area contributed by atoms with Gasteiger partial charge in [0.05, 0.1) is 44.9 Å². The van der Waals surface area contributed by atoms with E-state index in [-0.39, 0.29) is 23.9 Å². The molecule has 88 heavy (non-hydrogen) atoms. The van der Waals surface area contributed by atoms with E-state index in [2.05, 4.69) is 129 Å². The summed E-state index contributed by atoms with van der Waals surface area (Å²) in [6.07, 6.45) is 54.8. The molecule has 2 fully saturated rings. The van der Waals surface area contributed by atoms with Crippen LogP contribution in [0.2, 0.25) is 0 Å². The van der Waals surface area contributed by atoms with E-state index in [9.17, 15) is 0 Å². The largest absolute Gasteiger partial charge is 0.494 e. The molecule has 4 aliphatic rings. The number of carbonyl (C=O) groups is 2. The minimum Gasteiger partial charge on any atom is -0.399 e. The van der Waals surface area contributed by atoms with Crippen molar-refractivity contribution < 1.29 is 28.2 Å². The lowest BCUT2D eigenvalue weighted by molar-refractivity contribution is -0.115. The fourth-order valence-corrected chi connectivity index (χ4v) is 14.3. The molecule has 0 unspecified atom stereocenters. The van der Waals surface area contributed by atoms with Crippen molar-refractivity contribution in [3.8, 4) is 0 Å². The molecule has 8 nitrogen and oxygen atoms in total. The van der Waals surface area contributed by atoms with E-state index in [4.69, 9.17) is 18.6 Å². The van der Waals surface area contributed by atoms with Gasteiger partial charge in [-0.2, -0.15) is 0 Å². The molecule has 0 N–H and O–H groups in total. The number of unbranched alkanes of at least 4 members (excludes halogenated alkanes) is 36. The third-order valence-electron chi connectivity index (χ3n) is 21.6. The Balaban J connectivity index is 1.38. The van der Waals surface area contributed by atoms with Crippen LogP contribution < -0.4 is 20.7 Å². The highest BCUT2D eigenvalue weighted by Crippen LogP contribution is 2.50. The van der Waals surface area contributed by atoms with Crippen LogP contribution in [0.15, 0.2) is 36.4 Å². The van der Waals surface area contributed by atoms with E-state index in [1.165, 1.54) is 231 Å². The van der Waals surface area contributed by atoms with Gasteiger partial charge in [-0.1, -0.05) is 309 Å². The monoisotopic (exact) mass is 1220 g/mol. The summed E-state index contributed by atoms with van der Waals surface area (Å²) in [7, 11) is -1.16. The minimum atomic E-state index is -0.582. The molecule has 4 heterocycles. The Kier molecular flexibility index (Phi) is 32.3. The Bertz CT molecular complexity index is 2140. The average Bonchev–Trinajstić information content (AvgIpc) is 1.59.